The fraction of sp³-hybridized carbons (Fsp3) is 0.533. The number of anilines is 1. The quantitative estimate of drug-likeness (QED) is 0.886. The molecule has 0 bridgehead atoms. The lowest BCUT2D eigenvalue weighted by molar-refractivity contribution is -0.117. The number of hydrogen-bond acceptors (Lipinski definition) is 5. The molecule has 1 saturated carbocycles. The highest BCUT2D eigenvalue weighted by Gasteiger charge is 2.71. The first kappa shape index (κ1) is 16.1. The average Bonchev–Trinajstić information content (AvgIpc) is 3.28. The number of carbonyl (C=O) groups excluding carboxylic acids is 1. The summed E-state index contributed by atoms with van der Waals surface area (Å²) in [6.45, 7) is 0.471. The number of sulfonamides is 1. The maximum absolute atomic E-state index is 12.7. The van der Waals surface area contributed by atoms with E-state index in [9.17, 15) is 13.2 Å². The molecule has 0 radical (unpaired) electrons. The van der Waals surface area contributed by atoms with E-state index in [-0.39, 0.29) is 5.92 Å². The van der Waals surface area contributed by atoms with Crippen LogP contribution < -0.4 is 14.8 Å². The highest BCUT2D eigenvalue weighted by atomic mass is 32.2. The Balaban J connectivity index is 1.86. The lowest BCUT2D eigenvalue weighted by Gasteiger charge is -2.28. The third-order valence-corrected chi connectivity index (χ3v) is 7.35. The fourth-order valence-electron chi connectivity index (χ4n) is 3.24. The van der Waals surface area contributed by atoms with Gasteiger partial charge in [-0.15, -0.1) is 0 Å². The van der Waals surface area contributed by atoms with E-state index in [1.165, 1.54) is 25.6 Å². The summed E-state index contributed by atoms with van der Waals surface area (Å²) in [5.41, 5.74) is 0.483. The standard InChI is InChI=1S/C15H20N2O5S/c1-17-7-6-10-9-15(10,23(17,19)20)14(18)16-11-4-5-12(21-2)13(8-11)22-3/h4-5,8,10H,6-7,9H2,1-3H3,(H,16,18). The fourth-order valence-corrected chi connectivity index (χ4v) is 5.38. The van der Waals surface area contributed by atoms with Crippen molar-refractivity contribution in [2.45, 2.75) is 17.6 Å². The molecule has 1 saturated heterocycles. The zero-order chi connectivity index (χ0) is 16.8. The smallest absolute Gasteiger partial charge is 0.247 e. The van der Waals surface area contributed by atoms with Crippen LogP contribution in [0.15, 0.2) is 18.2 Å². The van der Waals surface area contributed by atoms with E-state index in [1.54, 1.807) is 18.2 Å². The first-order valence-corrected chi connectivity index (χ1v) is 8.80. The summed E-state index contributed by atoms with van der Waals surface area (Å²) in [5, 5.41) is 2.72. The van der Waals surface area contributed by atoms with Gasteiger partial charge in [0.25, 0.3) is 0 Å². The number of nitrogens with one attached hydrogen (secondary N) is 1. The highest BCUT2D eigenvalue weighted by Crippen LogP contribution is 2.56. The molecule has 1 heterocycles. The summed E-state index contributed by atoms with van der Waals surface area (Å²) in [7, 11) is 0.935. The monoisotopic (exact) mass is 340 g/mol. The summed E-state index contributed by atoms with van der Waals surface area (Å²) in [5.74, 6) is 0.446. The predicted molar refractivity (Wildman–Crippen MR) is 85.2 cm³/mol. The van der Waals surface area contributed by atoms with Crippen LogP contribution >= 0.6 is 0 Å². The Morgan fingerprint density at radius 1 is 1.30 bits per heavy atom. The maximum atomic E-state index is 12.7. The van der Waals surface area contributed by atoms with Gasteiger partial charge >= 0.3 is 0 Å². The van der Waals surface area contributed by atoms with Crippen LogP contribution in [0.5, 0.6) is 11.5 Å². The third kappa shape index (κ3) is 2.28. The Morgan fingerprint density at radius 2 is 2.00 bits per heavy atom. The number of nitrogens with zero attached hydrogens (tertiary/aromatic N) is 1. The van der Waals surface area contributed by atoms with Gasteiger partial charge in [-0.2, -0.15) is 0 Å². The molecule has 0 aromatic heterocycles. The average molecular weight is 340 g/mol. The van der Waals surface area contributed by atoms with Crippen molar-refractivity contribution in [3.05, 3.63) is 18.2 Å². The van der Waals surface area contributed by atoms with Crippen molar-refractivity contribution >= 4 is 21.6 Å². The van der Waals surface area contributed by atoms with Crippen molar-refractivity contribution in [2.75, 3.05) is 33.1 Å². The van der Waals surface area contributed by atoms with Crippen molar-refractivity contribution in [3.8, 4) is 11.5 Å². The van der Waals surface area contributed by atoms with Crippen LogP contribution in [0.4, 0.5) is 5.69 Å². The van der Waals surface area contributed by atoms with Gasteiger partial charge in [0.1, 0.15) is 0 Å². The van der Waals surface area contributed by atoms with Crippen molar-refractivity contribution < 1.29 is 22.7 Å². The number of amides is 1. The summed E-state index contributed by atoms with van der Waals surface area (Å²) in [4.78, 5) is 12.7. The Bertz CT molecular complexity index is 748. The maximum Gasteiger partial charge on any atom is 0.247 e. The zero-order valence-corrected chi connectivity index (χ0v) is 14.1. The molecular weight excluding hydrogens is 320 g/mol. The summed E-state index contributed by atoms with van der Waals surface area (Å²) in [6, 6.07) is 4.94. The van der Waals surface area contributed by atoms with Crippen molar-refractivity contribution in [3.63, 3.8) is 0 Å². The van der Waals surface area contributed by atoms with E-state index in [4.69, 9.17) is 9.47 Å². The van der Waals surface area contributed by atoms with Crippen molar-refractivity contribution in [1.29, 1.82) is 0 Å². The van der Waals surface area contributed by atoms with Gasteiger partial charge in [0.05, 0.1) is 14.2 Å². The lowest BCUT2D eigenvalue weighted by Crippen LogP contribution is -2.50. The number of fused-ring (bicyclic) bond motifs is 1. The van der Waals surface area contributed by atoms with Crippen LogP contribution in [-0.4, -0.2) is 51.2 Å². The van der Waals surface area contributed by atoms with Gasteiger partial charge in [-0.25, -0.2) is 12.7 Å². The molecule has 1 N–H and O–H groups in total. The van der Waals surface area contributed by atoms with E-state index >= 15 is 0 Å². The summed E-state index contributed by atoms with van der Waals surface area (Å²) < 4.78 is 35.4. The minimum absolute atomic E-state index is 0.0937. The van der Waals surface area contributed by atoms with Crippen molar-refractivity contribution in [1.82, 2.24) is 4.31 Å². The highest BCUT2D eigenvalue weighted by molar-refractivity contribution is 7.91. The number of hydrogen-bond donors (Lipinski definition) is 1. The Hall–Kier alpha value is -1.80. The van der Waals surface area contributed by atoms with Crippen LogP contribution in [0.3, 0.4) is 0 Å². The second-order valence-corrected chi connectivity index (χ2v) is 8.23. The molecular formula is C15H20N2O5S. The SMILES string of the molecule is COc1ccc(NC(=O)C23CC2CCN(C)S3(=O)=O)cc1OC. The molecule has 1 aliphatic heterocycles. The van der Waals surface area contributed by atoms with Gasteiger partial charge in [0.2, 0.25) is 15.9 Å². The number of rotatable bonds is 4. The summed E-state index contributed by atoms with van der Waals surface area (Å²) in [6.07, 6.45) is 1.11. The molecule has 2 aliphatic rings. The minimum atomic E-state index is -3.61. The molecule has 2 atom stereocenters. The molecule has 7 nitrogen and oxygen atoms in total. The van der Waals surface area contributed by atoms with Crippen LogP contribution in [-0.2, 0) is 14.8 Å². The number of ether oxygens (including phenoxy) is 2. The minimum Gasteiger partial charge on any atom is -0.493 e. The van der Waals surface area contributed by atoms with Crippen LogP contribution in [0.1, 0.15) is 12.8 Å². The molecule has 1 amide bonds. The molecule has 0 spiro atoms. The first-order valence-electron chi connectivity index (χ1n) is 7.36. The van der Waals surface area contributed by atoms with Gasteiger partial charge in [-0.05, 0) is 30.9 Å². The summed E-state index contributed by atoms with van der Waals surface area (Å²) >= 11 is 0. The van der Waals surface area contributed by atoms with Crippen LogP contribution in [0, 0.1) is 5.92 Å². The van der Waals surface area contributed by atoms with E-state index in [1.807, 2.05) is 0 Å². The van der Waals surface area contributed by atoms with E-state index in [2.05, 4.69) is 5.32 Å². The number of methoxy groups -OCH3 is 2. The lowest BCUT2D eigenvalue weighted by atomic mass is 10.2. The normalized spacial score (nSPS) is 28.6. The van der Waals surface area contributed by atoms with Crippen molar-refractivity contribution in [2.24, 2.45) is 5.92 Å². The molecule has 1 aliphatic carbocycles. The van der Waals surface area contributed by atoms with E-state index in [0.29, 0.717) is 30.2 Å². The molecule has 23 heavy (non-hydrogen) atoms. The molecule has 1 aromatic rings. The van der Waals surface area contributed by atoms with Crippen LogP contribution in [0.25, 0.3) is 0 Å². The first-order chi connectivity index (χ1) is 10.9. The van der Waals surface area contributed by atoms with Gasteiger partial charge < -0.3 is 14.8 Å². The molecule has 126 valence electrons. The molecule has 2 unspecified atom stereocenters. The zero-order valence-electron chi connectivity index (χ0n) is 13.3. The third-order valence-electron chi connectivity index (χ3n) is 4.74. The van der Waals surface area contributed by atoms with Crippen LogP contribution in [0.2, 0.25) is 0 Å². The largest absolute Gasteiger partial charge is 0.493 e. The second-order valence-electron chi connectivity index (χ2n) is 5.93. The molecule has 8 heteroatoms. The van der Waals surface area contributed by atoms with Gasteiger partial charge in [0, 0.05) is 25.3 Å². The molecule has 3 rings (SSSR count). The van der Waals surface area contributed by atoms with E-state index in [0.717, 1.165) is 6.42 Å². The van der Waals surface area contributed by atoms with Gasteiger partial charge in [-0.3, -0.25) is 4.79 Å². The molecule has 1 aromatic carbocycles. The number of carbonyl (C=O) groups is 1. The topological polar surface area (TPSA) is 84.9 Å². The number of benzene rings is 1. The van der Waals surface area contributed by atoms with E-state index < -0.39 is 20.7 Å². The Morgan fingerprint density at radius 3 is 2.65 bits per heavy atom. The Kier molecular flexibility index (Phi) is 3.76. The second kappa shape index (κ2) is 5.38. The van der Waals surface area contributed by atoms with Gasteiger partial charge in [-0.1, -0.05) is 0 Å². The predicted octanol–water partition coefficient (Wildman–Crippen LogP) is 1.07. The Labute approximate surface area is 135 Å². The molecule has 2 fully saturated rings. The van der Waals surface area contributed by atoms with Gasteiger partial charge in [0.15, 0.2) is 16.2 Å².